The van der Waals surface area contributed by atoms with Crippen LogP contribution in [0, 0.1) is 20.8 Å². The van der Waals surface area contributed by atoms with Gasteiger partial charge >= 0.3 is 0 Å². The molecule has 0 bridgehead atoms. The lowest BCUT2D eigenvalue weighted by atomic mass is 10.1. The quantitative estimate of drug-likeness (QED) is 0.723. The van der Waals surface area contributed by atoms with Gasteiger partial charge in [0.05, 0.1) is 0 Å². The summed E-state index contributed by atoms with van der Waals surface area (Å²) < 4.78 is 7.85. The summed E-state index contributed by atoms with van der Waals surface area (Å²) in [4.78, 5) is 16.6. The van der Waals surface area contributed by atoms with Gasteiger partial charge in [0.25, 0.3) is 5.91 Å². The fraction of sp³-hybridized carbons (Fsp3) is 0.273. The Morgan fingerprint density at radius 3 is 2.56 bits per heavy atom. The van der Waals surface area contributed by atoms with Crippen molar-refractivity contribution in [1.82, 2.24) is 14.9 Å². The van der Waals surface area contributed by atoms with Gasteiger partial charge in [0.2, 0.25) is 0 Å². The van der Waals surface area contributed by atoms with Crippen molar-refractivity contribution in [2.75, 3.05) is 0 Å². The Kier molecular flexibility index (Phi) is 5.60. The second-order valence-electron chi connectivity index (χ2n) is 6.76. The first-order valence-electron chi connectivity index (χ1n) is 9.05. The maximum Gasteiger partial charge on any atom is 0.261 e. The maximum absolute atomic E-state index is 12.4. The Balaban J connectivity index is 1.57. The van der Waals surface area contributed by atoms with Crippen LogP contribution in [0.15, 0.2) is 54.9 Å². The van der Waals surface area contributed by atoms with Gasteiger partial charge in [-0.1, -0.05) is 24.3 Å². The monoisotopic (exact) mass is 363 g/mol. The Morgan fingerprint density at radius 2 is 1.89 bits per heavy atom. The largest absolute Gasteiger partial charge is 0.481 e. The molecule has 27 heavy (non-hydrogen) atoms. The summed E-state index contributed by atoms with van der Waals surface area (Å²) in [5.74, 6) is 1.55. The fourth-order valence-electron chi connectivity index (χ4n) is 2.84. The lowest BCUT2D eigenvalue weighted by Crippen LogP contribution is -2.36. The van der Waals surface area contributed by atoms with Crippen molar-refractivity contribution in [3.05, 3.63) is 77.4 Å². The van der Waals surface area contributed by atoms with E-state index in [2.05, 4.69) is 10.3 Å². The van der Waals surface area contributed by atoms with Crippen molar-refractivity contribution in [1.29, 1.82) is 0 Å². The molecule has 0 aliphatic carbocycles. The number of amides is 1. The minimum Gasteiger partial charge on any atom is -0.481 e. The van der Waals surface area contributed by atoms with Crippen molar-refractivity contribution in [2.45, 2.75) is 40.3 Å². The van der Waals surface area contributed by atoms with Crippen molar-refractivity contribution < 1.29 is 9.53 Å². The van der Waals surface area contributed by atoms with Gasteiger partial charge in [-0.2, -0.15) is 0 Å². The van der Waals surface area contributed by atoms with E-state index in [-0.39, 0.29) is 5.91 Å². The fourth-order valence-corrected chi connectivity index (χ4v) is 2.84. The number of nitrogens with one attached hydrogen (secondary N) is 1. The summed E-state index contributed by atoms with van der Waals surface area (Å²) in [6.45, 7) is 8.17. The molecular formula is C22H25N3O2. The van der Waals surface area contributed by atoms with E-state index in [0.717, 1.165) is 34.0 Å². The van der Waals surface area contributed by atoms with Crippen LogP contribution in [-0.4, -0.2) is 21.6 Å². The number of hydrogen-bond donors (Lipinski definition) is 1. The van der Waals surface area contributed by atoms with E-state index >= 15 is 0 Å². The van der Waals surface area contributed by atoms with Gasteiger partial charge in [-0.15, -0.1) is 0 Å². The minimum absolute atomic E-state index is 0.134. The third-order valence-corrected chi connectivity index (χ3v) is 4.52. The molecule has 1 aromatic heterocycles. The molecule has 0 saturated heterocycles. The summed E-state index contributed by atoms with van der Waals surface area (Å²) in [6, 6.07) is 14.0. The molecular weight excluding hydrogens is 338 g/mol. The standard InChI is InChI=1S/C22H25N3O2/c1-15-5-6-16(2)21(13-15)27-17(3)22(26)24-14-19-7-9-20(10-8-19)25-12-11-23-18(25)4/h5-13,17H,14H2,1-4H3,(H,24,26)/t17-/m0/s1. The van der Waals surface area contributed by atoms with Gasteiger partial charge in [0.15, 0.2) is 6.10 Å². The highest BCUT2D eigenvalue weighted by atomic mass is 16.5. The Labute approximate surface area is 160 Å². The van der Waals surface area contributed by atoms with Crippen LogP contribution in [0.1, 0.15) is 29.4 Å². The van der Waals surface area contributed by atoms with Gasteiger partial charge < -0.3 is 14.6 Å². The van der Waals surface area contributed by atoms with E-state index in [1.165, 1.54) is 0 Å². The summed E-state index contributed by atoms with van der Waals surface area (Å²) in [5.41, 5.74) is 4.21. The number of aromatic nitrogens is 2. The number of nitrogens with zero attached hydrogens (tertiary/aromatic N) is 2. The van der Waals surface area contributed by atoms with Crippen LogP contribution in [0.4, 0.5) is 0 Å². The van der Waals surface area contributed by atoms with Crippen LogP contribution in [0.3, 0.4) is 0 Å². The summed E-state index contributed by atoms with van der Waals surface area (Å²) in [6.07, 6.45) is 3.15. The molecule has 1 N–H and O–H groups in total. The van der Waals surface area contributed by atoms with E-state index < -0.39 is 6.10 Å². The number of ether oxygens (including phenoxy) is 1. The normalized spacial score (nSPS) is 11.9. The van der Waals surface area contributed by atoms with Crippen LogP contribution < -0.4 is 10.1 Å². The lowest BCUT2D eigenvalue weighted by Gasteiger charge is -2.17. The molecule has 3 rings (SSSR count). The number of hydrogen-bond acceptors (Lipinski definition) is 3. The molecule has 0 spiro atoms. The van der Waals surface area contributed by atoms with Crippen LogP contribution >= 0.6 is 0 Å². The van der Waals surface area contributed by atoms with Gasteiger partial charge in [-0.05, 0) is 62.6 Å². The number of rotatable bonds is 6. The number of imidazole rings is 1. The number of carbonyl (C=O) groups is 1. The topological polar surface area (TPSA) is 56.1 Å². The van der Waals surface area contributed by atoms with E-state index in [1.807, 2.05) is 74.0 Å². The van der Waals surface area contributed by atoms with Crippen LogP contribution in [0.2, 0.25) is 0 Å². The zero-order valence-corrected chi connectivity index (χ0v) is 16.2. The van der Waals surface area contributed by atoms with Gasteiger partial charge in [0.1, 0.15) is 11.6 Å². The molecule has 1 heterocycles. The molecule has 3 aromatic rings. The zero-order valence-electron chi connectivity index (χ0n) is 16.2. The van der Waals surface area contributed by atoms with E-state index in [1.54, 1.807) is 13.1 Å². The average molecular weight is 363 g/mol. The SMILES string of the molecule is Cc1ccc(C)c(O[C@@H](C)C(=O)NCc2ccc(-n3ccnc3C)cc2)c1. The molecule has 0 aliphatic heterocycles. The van der Waals surface area contributed by atoms with Crippen molar-refractivity contribution >= 4 is 5.91 Å². The first kappa shape index (κ1) is 18.7. The van der Waals surface area contributed by atoms with Crippen molar-refractivity contribution in [2.24, 2.45) is 0 Å². The molecule has 0 unspecified atom stereocenters. The number of benzene rings is 2. The number of aryl methyl sites for hydroxylation is 3. The molecule has 0 saturated carbocycles. The average Bonchev–Trinajstić information content (AvgIpc) is 3.09. The molecule has 0 aliphatic rings. The highest BCUT2D eigenvalue weighted by Crippen LogP contribution is 2.20. The van der Waals surface area contributed by atoms with Gasteiger partial charge in [-0.3, -0.25) is 4.79 Å². The summed E-state index contributed by atoms with van der Waals surface area (Å²) in [7, 11) is 0. The van der Waals surface area contributed by atoms with Crippen LogP contribution in [-0.2, 0) is 11.3 Å². The Bertz CT molecular complexity index is 929. The van der Waals surface area contributed by atoms with Crippen molar-refractivity contribution in [3.63, 3.8) is 0 Å². The summed E-state index contributed by atoms with van der Waals surface area (Å²) >= 11 is 0. The summed E-state index contributed by atoms with van der Waals surface area (Å²) in [5, 5.41) is 2.94. The third kappa shape index (κ3) is 4.56. The molecule has 0 fully saturated rings. The molecule has 1 atom stereocenters. The molecule has 1 amide bonds. The second-order valence-corrected chi connectivity index (χ2v) is 6.76. The van der Waals surface area contributed by atoms with Crippen LogP contribution in [0.25, 0.3) is 5.69 Å². The van der Waals surface area contributed by atoms with E-state index in [4.69, 9.17) is 4.74 Å². The molecule has 2 aromatic carbocycles. The van der Waals surface area contributed by atoms with E-state index in [0.29, 0.717) is 6.54 Å². The highest BCUT2D eigenvalue weighted by Gasteiger charge is 2.15. The first-order chi connectivity index (χ1) is 12.9. The minimum atomic E-state index is -0.557. The molecule has 0 radical (unpaired) electrons. The Hall–Kier alpha value is -3.08. The first-order valence-corrected chi connectivity index (χ1v) is 9.05. The van der Waals surface area contributed by atoms with Gasteiger partial charge in [-0.25, -0.2) is 4.98 Å². The highest BCUT2D eigenvalue weighted by molar-refractivity contribution is 5.80. The predicted molar refractivity (Wildman–Crippen MR) is 106 cm³/mol. The predicted octanol–water partition coefficient (Wildman–Crippen LogP) is 3.88. The smallest absolute Gasteiger partial charge is 0.261 e. The van der Waals surface area contributed by atoms with Crippen molar-refractivity contribution in [3.8, 4) is 11.4 Å². The second kappa shape index (κ2) is 8.08. The maximum atomic E-state index is 12.4. The zero-order chi connectivity index (χ0) is 19.4. The third-order valence-electron chi connectivity index (χ3n) is 4.52. The van der Waals surface area contributed by atoms with Crippen LogP contribution in [0.5, 0.6) is 5.75 Å². The Morgan fingerprint density at radius 1 is 1.15 bits per heavy atom. The molecule has 140 valence electrons. The van der Waals surface area contributed by atoms with E-state index in [9.17, 15) is 4.79 Å². The van der Waals surface area contributed by atoms with Gasteiger partial charge in [0, 0.05) is 24.6 Å². The molecule has 5 heteroatoms. The lowest BCUT2D eigenvalue weighted by molar-refractivity contribution is -0.127. The molecule has 5 nitrogen and oxygen atoms in total. The number of carbonyl (C=O) groups excluding carboxylic acids is 1.